The molecule has 1 aromatic heterocycles. The maximum atomic E-state index is 13.0. The number of amides is 3. The van der Waals surface area contributed by atoms with E-state index in [9.17, 15) is 9.59 Å². The third-order valence-corrected chi connectivity index (χ3v) is 6.28. The average molecular weight is 472 g/mol. The molecule has 2 aromatic carbocycles. The van der Waals surface area contributed by atoms with E-state index in [1.165, 1.54) is 11.3 Å². The number of aryl methyl sites for hydroxylation is 1. The van der Waals surface area contributed by atoms with Crippen LogP contribution in [0.3, 0.4) is 0 Å². The fourth-order valence-electron chi connectivity index (χ4n) is 3.15. The van der Waals surface area contributed by atoms with Crippen LogP contribution in [0.4, 0.5) is 15.6 Å². The zero-order chi connectivity index (χ0) is 23.1. The number of hydrogen-bond acceptors (Lipinski definition) is 5. The van der Waals surface area contributed by atoms with Crippen molar-refractivity contribution < 1.29 is 9.59 Å². The number of halogens is 1. The minimum absolute atomic E-state index is 0.0810. The number of para-hydroxylation sites is 1. The molecule has 3 amide bonds. The van der Waals surface area contributed by atoms with E-state index >= 15 is 0 Å². The molecule has 168 valence electrons. The summed E-state index contributed by atoms with van der Waals surface area (Å²) < 4.78 is 0. The molecule has 0 bridgehead atoms. The Morgan fingerprint density at radius 2 is 1.84 bits per heavy atom. The Morgan fingerprint density at radius 1 is 1.06 bits per heavy atom. The van der Waals surface area contributed by atoms with E-state index in [0.717, 1.165) is 23.2 Å². The lowest BCUT2D eigenvalue weighted by Crippen LogP contribution is -2.49. The summed E-state index contributed by atoms with van der Waals surface area (Å²) in [4.78, 5) is 25.6. The van der Waals surface area contributed by atoms with E-state index in [1.807, 2.05) is 57.2 Å². The van der Waals surface area contributed by atoms with Gasteiger partial charge in [0.1, 0.15) is 11.0 Å². The Bertz CT molecular complexity index is 1090. The molecule has 0 fully saturated rings. The summed E-state index contributed by atoms with van der Waals surface area (Å²) in [5.41, 5.74) is 2.57. The predicted octanol–water partition coefficient (Wildman–Crippen LogP) is 5.60. The zero-order valence-corrected chi connectivity index (χ0v) is 19.8. The highest BCUT2D eigenvalue weighted by molar-refractivity contribution is 7.18. The summed E-state index contributed by atoms with van der Waals surface area (Å²) in [6.45, 7) is 5.91. The van der Waals surface area contributed by atoms with Crippen molar-refractivity contribution in [1.29, 1.82) is 0 Å². The van der Waals surface area contributed by atoms with Crippen LogP contribution in [0.25, 0.3) is 10.6 Å². The molecule has 0 saturated heterocycles. The number of rotatable bonds is 8. The molecular formula is C23H26ClN5O2S. The molecule has 2 atom stereocenters. The minimum atomic E-state index is -0.729. The van der Waals surface area contributed by atoms with Crippen molar-refractivity contribution >= 4 is 45.7 Å². The summed E-state index contributed by atoms with van der Waals surface area (Å²) >= 11 is 7.29. The van der Waals surface area contributed by atoms with Gasteiger partial charge in [0.2, 0.25) is 11.0 Å². The quantitative estimate of drug-likeness (QED) is 0.398. The lowest BCUT2D eigenvalue weighted by atomic mass is 9.98. The van der Waals surface area contributed by atoms with Gasteiger partial charge in [-0.2, -0.15) is 0 Å². The maximum absolute atomic E-state index is 13.0. The van der Waals surface area contributed by atoms with Crippen molar-refractivity contribution in [2.75, 3.05) is 10.6 Å². The van der Waals surface area contributed by atoms with Crippen molar-refractivity contribution in [3.8, 4) is 10.6 Å². The molecule has 3 aromatic rings. The van der Waals surface area contributed by atoms with Crippen molar-refractivity contribution in [2.45, 2.75) is 39.7 Å². The van der Waals surface area contributed by atoms with Gasteiger partial charge < -0.3 is 10.6 Å². The number of hydrogen-bond donors (Lipinski definition) is 3. The summed E-state index contributed by atoms with van der Waals surface area (Å²) in [5.74, 6) is -0.422. The number of carbonyl (C=O) groups is 2. The molecule has 9 heteroatoms. The molecule has 3 rings (SSSR count). The normalized spacial score (nSPS) is 12.6. The monoisotopic (exact) mass is 471 g/mol. The van der Waals surface area contributed by atoms with Crippen molar-refractivity contribution in [1.82, 2.24) is 15.5 Å². The Morgan fingerprint density at radius 3 is 2.56 bits per heavy atom. The van der Waals surface area contributed by atoms with E-state index in [0.29, 0.717) is 21.6 Å². The van der Waals surface area contributed by atoms with E-state index < -0.39 is 12.1 Å². The lowest BCUT2D eigenvalue weighted by molar-refractivity contribution is -0.119. The highest BCUT2D eigenvalue weighted by Gasteiger charge is 2.27. The largest absolute Gasteiger partial charge is 0.326 e. The van der Waals surface area contributed by atoms with Crippen LogP contribution in [0.5, 0.6) is 0 Å². The van der Waals surface area contributed by atoms with Crippen molar-refractivity contribution in [3.63, 3.8) is 0 Å². The Balaban J connectivity index is 1.69. The molecule has 1 heterocycles. The van der Waals surface area contributed by atoms with Crippen LogP contribution in [-0.4, -0.2) is 28.2 Å². The lowest BCUT2D eigenvalue weighted by Gasteiger charge is -2.23. The highest BCUT2D eigenvalue weighted by Crippen LogP contribution is 2.28. The van der Waals surface area contributed by atoms with Crippen LogP contribution >= 0.6 is 22.9 Å². The smallest absolute Gasteiger partial charge is 0.319 e. The molecule has 0 radical (unpaired) electrons. The highest BCUT2D eigenvalue weighted by atomic mass is 35.5. The number of aromatic nitrogens is 2. The van der Waals surface area contributed by atoms with Gasteiger partial charge in [-0.25, -0.2) is 4.79 Å². The zero-order valence-electron chi connectivity index (χ0n) is 18.2. The minimum Gasteiger partial charge on any atom is -0.326 e. The third-order valence-electron chi connectivity index (χ3n) is 5.16. The average Bonchev–Trinajstić information content (AvgIpc) is 3.25. The number of urea groups is 1. The molecule has 0 aliphatic heterocycles. The van der Waals surface area contributed by atoms with E-state index in [-0.39, 0.29) is 11.8 Å². The summed E-state index contributed by atoms with van der Waals surface area (Å²) in [7, 11) is 0. The second-order valence-electron chi connectivity index (χ2n) is 7.38. The molecule has 7 nitrogen and oxygen atoms in total. The molecule has 0 spiro atoms. The van der Waals surface area contributed by atoms with Gasteiger partial charge in [0.05, 0.1) is 0 Å². The Kier molecular flexibility index (Phi) is 8.19. The van der Waals surface area contributed by atoms with Gasteiger partial charge in [-0.15, -0.1) is 10.2 Å². The first-order valence-electron chi connectivity index (χ1n) is 10.5. The number of benzene rings is 2. The third kappa shape index (κ3) is 6.05. The molecule has 0 aliphatic carbocycles. The summed E-state index contributed by atoms with van der Waals surface area (Å²) in [6.07, 6.45) is 1.51. The van der Waals surface area contributed by atoms with Crippen LogP contribution in [0, 0.1) is 5.92 Å². The SMILES string of the molecule is CCc1ccccc1NC(=O)N[C@@H](C(=O)Nc1nnc(-c2cccc(Cl)c2)s1)[C@H](C)CC. The van der Waals surface area contributed by atoms with E-state index in [2.05, 4.69) is 26.1 Å². The van der Waals surface area contributed by atoms with Gasteiger partial charge in [-0.3, -0.25) is 10.1 Å². The van der Waals surface area contributed by atoms with Gasteiger partial charge in [0, 0.05) is 16.3 Å². The molecule has 0 unspecified atom stereocenters. The first kappa shape index (κ1) is 23.7. The van der Waals surface area contributed by atoms with Gasteiger partial charge in [-0.05, 0) is 36.1 Å². The van der Waals surface area contributed by atoms with E-state index in [4.69, 9.17) is 11.6 Å². The van der Waals surface area contributed by atoms with Gasteiger partial charge in [-0.1, -0.05) is 80.5 Å². The van der Waals surface area contributed by atoms with Crippen LogP contribution in [0.15, 0.2) is 48.5 Å². The predicted molar refractivity (Wildman–Crippen MR) is 130 cm³/mol. The van der Waals surface area contributed by atoms with Crippen LogP contribution < -0.4 is 16.0 Å². The molecular weight excluding hydrogens is 446 g/mol. The number of carbonyl (C=O) groups excluding carboxylic acids is 2. The fourth-order valence-corrected chi connectivity index (χ4v) is 4.08. The van der Waals surface area contributed by atoms with Crippen molar-refractivity contribution in [3.05, 3.63) is 59.1 Å². The molecule has 32 heavy (non-hydrogen) atoms. The van der Waals surface area contributed by atoms with Gasteiger partial charge >= 0.3 is 6.03 Å². The van der Waals surface area contributed by atoms with Crippen LogP contribution in [-0.2, 0) is 11.2 Å². The van der Waals surface area contributed by atoms with E-state index in [1.54, 1.807) is 12.1 Å². The van der Waals surface area contributed by atoms with Crippen LogP contribution in [0.1, 0.15) is 32.8 Å². The van der Waals surface area contributed by atoms with Gasteiger partial charge in [0.25, 0.3) is 0 Å². The Hall–Kier alpha value is -2.97. The van der Waals surface area contributed by atoms with Crippen LogP contribution in [0.2, 0.25) is 5.02 Å². The van der Waals surface area contributed by atoms with Crippen molar-refractivity contribution in [2.24, 2.45) is 5.92 Å². The molecule has 0 saturated carbocycles. The summed E-state index contributed by atoms with van der Waals surface area (Å²) in [6, 6.07) is 13.7. The van der Waals surface area contributed by atoms with Gasteiger partial charge in [0.15, 0.2) is 0 Å². The number of nitrogens with zero attached hydrogens (tertiary/aromatic N) is 2. The maximum Gasteiger partial charge on any atom is 0.319 e. The fraction of sp³-hybridized carbons (Fsp3) is 0.304. The molecule has 3 N–H and O–H groups in total. The second kappa shape index (κ2) is 11.1. The first-order valence-corrected chi connectivity index (χ1v) is 11.7. The second-order valence-corrected chi connectivity index (χ2v) is 8.80. The topological polar surface area (TPSA) is 96.0 Å². The Labute approximate surface area is 196 Å². The summed E-state index contributed by atoms with van der Waals surface area (Å²) in [5, 5.41) is 18.2. The molecule has 0 aliphatic rings. The number of nitrogens with one attached hydrogen (secondary N) is 3. The number of anilines is 2. The standard InChI is InChI=1S/C23H26ClN5O2S/c1-4-14(3)19(26-22(31)25-18-12-7-6-9-15(18)5-2)20(30)27-23-29-28-21(32-23)16-10-8-11-17(24)13-16/h6-14,19H,4-5H2,1-3H3,(H2,25,26,31)(H,27,29,30)/t14-,19-/m1/s1. The first-order chi connectivity index (χ1) is 15.4.